The van der Waals surface area contributed by atoms with Gasteiger partial charge in [0.25, 0.3) is 0 Å². The fourth-order valence-corrected chi connectivity index (χ4v) is 7.09. The predicted molar refractivity (Wildman–Crippen MR) is 153 cm³/mol. The maximum absolute atomic E-state index is 13.4. The first-order valence-corrected chi connectivity index (χ1v) is 14.3. The van der Waals surface area contributed by atoms with E-state index in [1.165, 1.54) is 14.2 Å². The highest BCUT2D eigenvalue weighted by molar-refractivity contribution is 5.78. The number of carbonyl (C=O) groups excluding carboxylic acids is 1. The lowest BCUT2D eigenvalue weighted by molar-refractivity contribution is -0.161. The Morgan fingerprint density at radius 2 is 1.72 bits per heavy atom. The maximum Gasteiger partial charge on any atom is 0.312 e. The van der Waals surface area contributed by atoms with E-state index in [1.54, 1.807) is 43.5 Å². The van der Waals surface area contributed by atoms with Crippen LogP contribution in [0.1, 0.15) is 41.9 Å². The molecular formula is C33H36O10. The maximum atomic E-state index is 13.4. The summed E-state index contributed by atoms with van der Waals surface area (Å²) in [6.45, 7) is -0.103. The van der Waals surface area contributed by atoms with Crippen molar-refractivity contribution in [1.82, 2.24) is 0 Å². The molecule has 3 N–H and O–H groups in total. The zero-order valence-electron chi connectivity index (χ0n) is 24.3. The van der Waals surface area contributed by atoms with Gasteiger partial charge >= 0.3 is 5.97 Å². The first-order valence-electron chi connectivity index (χ1n) is 14.3. The van der Waals surface area contributed by atoms with Gasteiger partial charge in [0.1, 0.15) is 29.1 Å². The Kier molecular flexibility index (Phi) is 7.72. The van der Waals surface area contributed by atoms with E-state index >= 15 is 0 Å². The molecular weight excluding hydrogens is 556 g/mol. The zero-order valence-corrected chi connectivity index (χ0v) is 24.3. The van der Waals surface area contributed by atoms with E-state index in [2.05, 4.69) is 0 Å². The quantitative estimate of drug-likeness (QED) is 0.334. The van der Waals surface area contributed by atoms with Crippen LogP contribution < -0.4 is 18.9 Å². The fourth-order valence-electron chi connectivity index (χ4n) is 7.09. The molecule has 43 heavy (non-hydrogen) atoms. The molecule has 10 nitrogen and oxygen atoms in total. The third kappa shape index (κ3) is 4.43. The number of benzene rings is 3. The molecule has 1 aliphatic carbocycles. The van der Waals surface area contributed by atoms with Crippen molar-refractivity contribution in [2.75, 3.05) is 27.9 Å². The van der Waals surface area contributed by atoms with Crippen LogP contribution in [0.15, 0.2) is 66.7 Å². The summed E-state index contributed by atoms with van der Waals surface area (Å²) >= 11 is 0. The highest BCUT2D eigenvalue weighted by atomic mass is 16.7. The molecule has 1 saturated heterocycles. The molecule has 228 valence electrons. The molecule has 0 aromatic heterocycles. The van der Waals surface area contributed by atoms with E-state index in [9.17, 15) is 20.1 Å². The minimum absolute atomic E-state index is 0.103. The molecule has 1 saturated carbocycles. The normalized spacial score (nSPS) is 31.0. The molecule has 6 rings (SSSR count). The van der Waals surface area contributed by atoms with Crippen molar-refractivity contribution < 1.29 is 48.5 Å². The molecule has 10 heteroatoms. The van der Waals surface area contributed by atoms with Crippen molar-refractivity contribution in [3.8, 4) is 23.0 Å². The van der Waals surface area contributed by atoms with E-state index in [-0.39, 0.29) is 29.8 Å². The van der Waals surface area contributed by atoms with Crippen LogP contribution >= 0.6 is 0 Å². The van der Waals surface area contributed by atoms with Crippen LogP contribution in [0.25, 0.3) is 0 Å². The highest BCUT2D eigenvalue weighted by Gasteiger charge is 2.78. The number of hydrogen-bond donors (Lipinski definition) is 3. The molecule has 2 heterocycles. The predicted octanol–water partition coefficient (Wildman–Crippen LogP) is 3.39. The van der Waals surface area contributed by atoms with E-state index < -0.39 is 41.4 Å². The third-order valence-corrected chi connectivity index (χ3v) is 8.98. The summed E-state index contributed by atoms with van der Waals surface area (Å²) in [4.78, 5) is 13.4. The molecule has 3 aromatic rings. The van der Waals surface area contributed by atoms with E-state index in [0.717, 1.165) is 12.8 Å². The Balaban J connectivity index is 1.56. The molecule has 2 fully saturated rings. The van der Waals surface area contributed by atoms with Crippen LogP contribution in [0.2, 0.25) is 0 Å². The van der Waals surface area contributed by atoms with Crippen molar-refractivity contribution in [2.24, 2.45) is 5.92 Å². The lowest BCUT2D eigenvalue weighted by Gasteiger charge is -2.40. The topological polar surface area (TPSA) is 133 Å². The summed E-state index contributed by atoms with van der Waals surface area (Å²) in [5.74, 6) is -1.39. The van der Waals surface area contributed by atoms with Gasteiger partial charge in [-0.1, -0.05) is 42.5 Å². The van der Waals surface area contributed by atoms with Gasteiger partial charge in [-0.15, -0.1) is 0 Å². The van der Waals surface area contributed by atoms with Gasteiger partial charge in [-0.3, -0.25) is 4.79 Å². The van der Waals surface area contributed by atoms with Crippen molar-refractivity contribution in [3.63, 3.8) is 0 Å². The van der Waals surface area contributed by atoms with Gasteiger partial charge < -0.3 is 43.7 Å². The van der Waals surface area contributed by atoms with Crippen molar-refractivity contribution in [1.29, 1.82) is 0 Å². The van der Waals surface area contributed by atoms with E-state index in [1.807, 2.05) is 30.3 Å². The van der Waals surface area contributed by atoms with Crippen molar-refractivity contribution in [3.05, 3.63) is 83.4 Å². The van der Waals surface area contributed by atoms with Gasteiger partial charge in [0.15, 0.2) is 17.5 Å². The number of aliphatic hydroxyl groups is 3. The largest absolute Gasteiger partial charge is 0.497 e. The number of rotatable bonds is 8. The molecule has 0 radical (unpaired) electrons. The van der Waals surface area contributed by atoms with Crippen molar-refractivity contribution in [2.45, 2.75) is 54.9 Å². The summed E-state index contributed by atoms with van der Waals surface area (Å²) in [6.07, 6.45) is -0.367. The van der Waals surface area contributed by atoms with Crippen LogP contribution in [-0.2, 0) is 25.5 Å². The number of carbonyl (C=O) groups is 1. The monoisotopic (exact) mass is 592 g/mol. The minimum Gasteiger partial charge on any atom is -0.497 e. The van der Waals surface area contributed by atoms with Crippen LogP contribution in [0.5, 0.6) is 23.0 Å². The molecule has 0 unspecified atom stereocenters. The molecule has 7 atom stereocenters. The van der Waals surface area contributed by atoms with Gasteiger partial charge in [-0.2, -0.15) is 0 Å². The SMILES string of the molecule is COC(=O)[C@H]1[C@@H](O)[C@@]2(O)c3c(OC)cc(O[C@H]4CCC[C@@H](CO)O4)cc3O[C@@]2(c2ccc(OC)cc2)[C@@H]1c1ccccc1. The molecule has 0 spiro atoms. The van der Waals surface area contributed by atoms with E-state index in [4.69, 9.17) is 28.4 Å². The lowest BCUT2D eigenvalue weighted by atomic mass is 9.70. The summed E-state index contributed by atoms with van der Waals surface area (Å²) in [5, 5.41) is 34.6. The zero-order chi connectivity index (χ0) is 30.4. The molecule has 3 aliphatic rings. The first kappa shape index (κ1) is 29.3. The average molecular weight is 593 g/mol. The van der Waals surface area contributed by atoms with Crippen molar-refractivity contribution >= 4 is 5.97 Å². The van der Waals surface area contributed by atoms with Gasteiger partial charge in [-0.05, 0) is 36.1 Å². The number of esters is 1. The lowest BCUT2D eigenvalue weighted by Crippen LogP contribution is -2.52. The van der Waals surface area contributed by atoms with Gasteiger partial charge in [0.05, 0.1) is 45.5 Å². The number of ether oxygens (including phenoxy) is 6. The fraction of sp³-hybridized carbons (Fsp3) is 0.424. The van der Waals surface area contributed by atoms with Crippen LogP contribution in [0.4, 0.5) is 0 Å². The summed E-state index contributed by atoms with van der Waals surface area (Å²) < 4.78 is 35.3. The summed E-state index contributed by atoms with van der Waals surface area (Å²) in [7, 11) is 4.25. The second kappa shape index (κ2) is 11.3. The summed E-state index contributed by atoms with van der Waals surface area (Å²) in [6, 6.07) is 19.4. The Morgan fingerprint density at radius 3 is 2.37 bits per heavy atom. The molecule has 0 amide bonds. The summed E-state index contributed by atoms with van der Waals surface area (Å²) in [5.41, 5.74) is -2.49. The third-order valence-electron chi connectivity index (χ3n) is 8.98. The van der Waals surface area contributed by atoms with Gasteiger partial charge in [0, 0.05) is 24.5 Å². The van der Waals surface area contributed by atoms with Gasteiger partial charge in [0.2, 0.25) is 0 Å². The first-order chi connectivity index (χ1) is 20.8. The smallest absolute Gasteiger partial charge is 0.312 e. The number of aliphatic hydroxyl groups excluding tert-OH is 2. The van der Waals surface area contributed by atoms with Gasteiger partial charge in [-0.25, -0.2) is 0 Å². The second-order valence-electron chi connectivity index (χ2n) is 11.1. The van der Waals surface area contributed by atoms with E-state index in [0.29, 0.717) is 29.0 Å². The van der Waals surface area contributed by atoms with Crippen LogP contribution in [-0.4, -0.2) is 67.7 Å². The Bertz CT molecular complexity index is 1460. The number of methoxy groups -OCH3 is 3. The van der Waals surface area contributed by atoms with Crippen LogP contribution in [0, 0.1) is 5.92 Å². The molecule has 3 aromatic carbocycles. The number of fused-ring (bicyclic) bond motifs is 3. The molecule has 2 aliphatic heterocycles. The standard InChI is InChI=1S/C33H36O10/c1-38-21-14-12-20(13-15-21)33-28(19-8-5-4-6-9-19)27(31(36)40-3)30(35)32(33,37)29-24(39-2)16-23(17-25(29)43-33)42-26-11-7-10-22(18-34)41-26/h4-6,8-9,12-17,22,26-28,30,34-35,37H,7,10-11,18H2,1-3H3/t22-,26-,27+,28+,30+,32-,33-/m0/s1. The molecule has 0 bridgehead atoms. The van der Waals surface area contributed by atoms with Crippen LogP contribution in [0.3, 0.4) is 0 Å². The Morgan fingerprint density at radius 1 is 0.977 bits per heavy atom. The Labute approximate surface area is 249 Å². The Hall–Kier alpha value is -3.83. The second-order valence-corrected chi connectivity index (χ2v) is 11.1. The number of hydrogen-bond acceptors (Lipinski definition) is 10. The average Bonchev–Trinajstić information content (AvgIpc) is 3.42. The minimum atomic E-state index is -2.16. The highest BCUT2D eigenvalue weighted by Crippen LogP contribution is 2.70.